The molecular formula is C48H72O5. The van der Waals surface area contributed by atoms with Gasteiger partial charge in [-0.25, -0.2) is 0 Å². The molecule has 0 spiro atoms. The summed E-state index contributed by atoms with van der Waals surface area (Å²) in [4.78, 5) is 13.2. The molecule has 0 unspecified atom stereocenters. The summed E-state index contributed by atoms with van der Waals surface area (Å²) in [5.74, 6) is 0.00407. The molecule has 5 nitrogen and oxygen atoms in total. The largest absolute Gasteiger partial charge is 0.507 e. The van der Waals surface area contributed by atoms with Crippen LogP contribution in [0.2, 0.25) is 0 Å². The lowest BCUT2D eigenvalue weighted by molar-refractivity contribution is -0.139. The lowest BCUT2D eigenvalue weighted by Crippen LogP contribution is -2.33. The van der Waals surface area contributed by atoms with Crippen LogP contribution in [0.15, 0.2) is 36.4 Å². The van der Waals surface area contributed by atoms with Crippen LogP contribution in [0, 0.1) is 5.41 Å². The summed E-state index contributed by atoms with van der Waals surface area (Å²) in [5, 5.41) is 45.7. The third-order valence-electron chi connectivity index (χ3n) is 10.6. The van der Waals surface area contributed by atoms with Crippen LogP contribution in [0.3, 0.4) is 0 Å². The number of hydrogen-bond acceptors (Lipinski definition) is 4. The van der Waals surface area contributed by atoms with Crippen LogP contribution in [-0.2, 0) is 56.5 Å². The van der Waals surface area contributed by atoms with Crippen LogP contribution in [-0.4, -0.2) is 26.4 Å². The van der Waals surface area contributed by atoms with Gasteiger partial charge in [-0.3, -0.25) is 4.79 Å². The summed E-state index contributed by atoms with van der Waals surface area (Å²) >= 11 is 0. The second-order valence-electron chi connectivity index (χ2n) is 22.2. The number of carboxylic acids is 1. The molecule has 0 heterocycles. The first-order valence-electron chi connectivity index (χ1n) is 19.4. The maximum Gasteiger partial charge on any atom is 0.303 e. The average Bonchev–Trinajstić information content (AvgIpc) is 2.91. The number of aliphatic carboxylic acids is 1. The fourth-order valence-corrected chi connectivity index (χ4v) is 7.81. The van der Waals surface area contributed by atoms with Gasteiger partial charge in [0.2, 0.25) is 0 Å². The third-order valence-corrected chi connectivity index (χ3v) is 10.6. The molecule has 0 aliphatic carbocycles. The minimum Gasteiger partial charge on any atom is -0.507 e. The van der Waals surface area contributed by atoms with Gasteiger partial charge in [0.15, 0.2) is 0 Å². The van der Waals surface area contributed by atoms with Crippen molar-refractivity contribution in [2.24, 2.45) is 5.41 Å². The van der Waals surface area contributed by atoms with Gasteiger partial charge < -0.3 is 20.4 Å². The molecule has 0 saturated carbocycles. The van der Waals surface area contributed by atoms with Crippen molar-refractivity contribution in [3.8, 4) is 17.2 Å². The number of carbonyl (C=O) groups is 1. The minimum atomic E-state index is -0.882. The van der Waals surface area contributed by atoms with Crippen molar-refractivity contribution < 1.29 is 25.2 Å². The predicted molar refractivity (Wildman–Crippen MR) is 222 cm³/mol. The minimum absolute atomic E-state index is 0.100. The lowest BCUT2D eigenvalue weighted by Gasteiger charge is -2.37. The summed E-state index contributed by atoms with van der Waals surface area (Å²) in [6, 6.07) is 12.5. The number of phenols is 3. The molecule has 0 aliphatic heterocycles. The number of phenolic OH excluding ortho intramolecular Hbond substituents is 3. The number of aromatic hydroxyl groups is 3. The van der Waals surface area contributed by atoms with Crippen molar-refractivity contribution in [3.05, 3.63) is 86.5 Å². The summed E-state index contributed by atoms with van der Waals surface area (Å²) < 4.78 is 0. The van der Waals surface area contributed by atoms with E-state index in [1.807, 2.05) is 0 Å². The number of benzene rings is 3. The standard InChI is InChI=1S/C48H72O5/c1-42(2,3)32-19-29(20-33(39(32)51)43(4,5)6)25-48(28-38(49)50,26-30-21-34(44(7,8)9)40(52)35(22-30)45(10,11)12)27-31-23-36(46(13,14)15)41(53)37(24-31)47(16,17)18/h19-24,51-53H,25-28H2,1-18H3,(H,49,50). The van der Waals surface area contributed by atoms with Crippen LogP contribution in [0.25, 0.3) is 0 Å². The first-order chi connectivity index (χ1) is 23.6. The first kappa shape index (κ1) is 43.9. The van der Waals surface area contributed by atoms with Crippen molar-refractivity contribution in [3.63, 3.8) is 0 Å². The van der Waals surface area contributed by atoms with E-state index < -0.39 is 11.4 Å². The maximum atomic E-state index is 13.2. The van der Waals surface area contributed by atoms with E-state index in [2.05, 4.69) is 161 Å². The molecule has 3 aromatic rings. The van der Waals surface area contributed by atoms with E-state index in [1.165, 1.54) is 0 Å². The first-order valence-corrected chi connectivity index (χ1v) is 19.4. The molecule has 0 fully saturated rings. The molecule has 0 amide bonds. The average molecular weight is 729 g/mol. The molecule has 294 valence electrons. The van der Waals surface area contributed by atoms with Crippen molar-refractivity contribution in [2.45, 2.75) is 183 Å². The molecule has 0 bridgehead atoms. The zero-order valence-electron chi connectivity index (χ0n) is 36.5. The van der Waals surface area contributed by atoms with Crippen LogP contribution in [0.1, 0.15) is 181 Å². The zero-order chi connectivity index (χ0) is 41.1. The van der Waals surface area contributed by atoms with Crippen molar-refractivity contribution in [1.29, 1.82) is 0 Å². The lowest BCUT2D eigenvalue weighted by atomic mass is 9.67. The summed E-state index contributed by atoms with van der Waals surface area (Å²) in [5.41, 5.74) is 5.06. The van der Waals surface area contributed by atoms with E-state index >= 15 is 0 Å². The number of hydrogen-bond donors (Lipinski definition) is 4. The van der Waals surface area contributed by atoms with E-state index in [0.717, 1.165) is 50.1 Å². The van der Waals surface area contributed by atoms with Crippen molar-refractivity contribution in [2.75, 3.05) is 0 Å². The number of carboxylic acid groups (broad SMARTS) is 1. The van der Waals surface area contributed by atoms with Crippen LogP contribution >= 0.6 is 0 Å². The van der Waals surface area contributed by atoms with Gasteiger partial charge in [-0.1, -0.05) is 161 Å². The van der Waals surface area contributed by atoms with Crippen LogP contribution in [0.5, 0.6) is 17.2 Å². The van der Waals surface area contributed by atoms with E-state index in [-0.39, 0.29) is 38.9 Å². The fraction of sp³-hybridized carbons (Fsp3) is 0.604. The Hall–Kier alpha value is -3.47. The van der Waals surface area contributed by atoms with Crippen molar-refractivity contribution in [1.82, 2.24) is 0 Å². The Kier molecular flexibility index (Phi) is 11.9. The smallest absolute Gasteiger partial charge is 0.303 e. The molecule has 0 aromatic heterocycles. The molecule has 4 N–H and O–H groups in total. The Morgan fingerprint density at radius 1 is 0.396 bits per heavy atom. The highest BCUT2D eigenvalue weighted by atomic mass is 16.4. The number of rotatable bonds is 8. The molecule has 5 heteroatoms. The van der Waals surface area contributed by atoms with Gasteiger partial charge in [0.05, 0.1) is 6.42 Å². The molecule has 3 aromatic carbocycles. The second kappa shape index (κ2) is 14.3. The Labute approximate surface area is 322 Å². The van der Waals surface area contributed by atoms with E-state index in [1.54, 1.807) is 0 Å². The molecule has 3 rings (SSSR count). The second-order valence-corrected chi connectivity index (χ2v) is 22.2. The topological polar surface area (TPSA) is 98.0 Å². The van der Waals surface area contributed by atoms with E-state index in [9.17, 15) is 25.2 Å². The Balaban J connectivity index is 2.53. The fourth-order valence-electron chi connectivity index (χ4n) is 7.81. The monoisotopic (exact) mass is 729 g/mol. The van der Waals surface area contributed by atoms with Gasteiger partial charge in [-0.15, -0.1) is 0 Å². The summed E-state index contributed by atoms with van der Waals surface area (Å²) in [7, 11) is 0. The SMILES string of the molecule is CC(C)(C)c1cc(CC(CC(=O)O)(Cc2cc(C(C)(C)C)c(O)c(C(C)(C)C)c2)Cc2cc(C(C)(C)C)c(O)c(C(C)(C)C)c2)cc(C(C)(C)C)c1O. The van der Waals surface area contributed by atoms with Crippen molar-refractivity contribution >= 4 is 5.97 Å². The van der Waals surface area contributed by atoms with Gasteiger partial charge in [-0.2, -0.15) is 0 Å². The summed E-state index contributed by atoms with van der Waals surface area (Å²) in [6.45, 7) is 37.7. The predicted octanol–water partition coefficient (Wildman–Crippen LogP) is 12.1. The highest BCUT2D eigenvalue weighted by molar-refractivity contribution is 5.68. The van der Waals surface area contributed by atoms with Crippen LogP contribution < -0.4 is 0 Å². The van der Waals surface area contributed by atoms with Gasteiger partial charge in [-0.05, 0) is 107 Å². The highest BCUT2D eigenvalue weighted by Crippen LogP contribution is 2.47. The Morgan fingerprint density at radius 3 is 0.698 bits per heavy atom. The quantitative estimate of drug-likeness (QED) is 0.185. The zero-order valence-corrected chi connectivity index (χ0v) is 36.5. The third kappa shape index (κ3) is 10.4. The molecule has 0 radical (unpaired) electrons. The van der Waals surface area contributed by atoms with Gasteiger partial charge >= 0.3 is 5.97 Å². The molecule has 0 saturated heterocycles. The van der Waals surface area contributed by atoms with E-state index in [0.29, 0.717) is 36.5 Å². The normalized spacial score (nSPS) is 13.8. The molecule has 0 atom stereocenters. The molecule has 53 heavy (non-hydrogen) atoms. The highest BCUT2D eigenvalue weighted by Gasteiger charge is 2.38. The van der Waals surface area contributed by atoms with Gasteiger partial charge in [0.25, 0.3) is 0 Å². The Morgan fingerprint density at radius 2 is 0.566 bits per heavy atom. The van der Waals surface area contributed by atoms with E-state index in [4.69, 9.17) is 0 Å². The summed E-state index contributed by atoms with van der Waals surface area (Å²) in [6.07, 6.45) is 1.23. The van der Waals surface area contributed by atoms with Crippen LogP contribution in [0.4, 0.5) is 0 Å². The Bertz CT molecular complexity index is 1510. The van der Waals surface area contributed by atoms with Gasteiger partial charge in [0, 0.05) is 0 Å². The maximum absolute atomic E-state index is 13.2. The molecular weight excluding hydrogens is 657 g/mol. The van der Waals surface area contributed by atoms with Gasteiger partial charge in [0.1, 0.15) is 17.2 Å². The molecule has 0 aliphatic rings.